The van der Waals surface area contributed by atoms with Crippen molar-refractivity contribution in [1.82, 2.24) is 5.32 Å². The third-order valence-electron chi connectivity index (χ3n) is 4.73. The van der Waals surface area contributed by atoms with Crippen LogP contribution in [0.4, 0.5) is 5.69 Å². The zero-order chi connectivity index (χ0) is 23.2. The van der Waals surface area contributed by atoms with Crippen LogP contribution in [0.25, 0.3) is 0 Å². The molecule has 0 spiro atoms. The number of carbonyl (C=O) groups excluding carboxylic acids is 1. The lowest BCUT2D eigenvalue weighted by atomic mass is 10.2. The second kappa shape index (κ2) is 14.3. The standard InChI is InChI=1S/C16H22N2O3S.C9H12O/c1-3-12(17-2)10-22-11-16(19)18-13-5-6-14-15(9-13)21-8-4-7-20-14;1-3-8-5-4-6-9(7-8)10-2/h3,5-6,9,17H,4,7-8,10-11H2,1-2H3,(H,18,19);4-7H,3H2,1-2H3/b12-3-;. The molecule has 1 amide bonds. The van der Waals surface area contributed by atoms with Crippen LogP contribution in [0, 0.1) is 0 Å². The van der Waals surface area contributed by atoms with Gasteiger partial charge in [-0.05, 0) is 43.2 Å². The summed E-state index contributed by atoms with van der Waals surface area (Å²) in [4.78, 5) is 12.0. The monoisotopic (exact) mass is 458 g/mol. The molecule has 0 aliphatic carbocycles. The van der Waals surface area contributed by atoms with Crippen LogP contribution in [0.3, 0.4) is 0 Å². The average Bonchev–Trinajstić information content (AvgIpc) is 3.07. The number of benzene rings is 2. The van der Waals surface area contributed by atoms with E-state index < -0.39 is 0 Å². The van der Waals surface area contributed by atoms with E-state index in [9.17, 15) is 4.79 Å². The van der Waals surface area contributed by atoms with Gasteiger partial charge in [0.2, 0.25) is 5.91 Å². The Morgan fingerprint density at radius 2 is 1.91 bits per heavy atom. The minimum Gasteiger partial charge on any atom is -0.497 e. The molecule has 1 aliphatic rings. The van der Waals surface area contributed by atoms with Gasteiger partial charge < -0.3 is 24.8 Å². The Morgan fingerprint density at radius 3 is 2.59 bits per heavy atom. The summed E-state index contributed by atoms with van der Waals surface area (Å²) in [6, 6.07) is 13.6. The van der Waals surface area contributed by atoms with E-state index in [1.165, 1.54) is 5.56 Å². The van der Waals surface area contributed by atoms with E-state index >= 15 is 0 Å². The molecule has 2 N–H and O–H groups in total. The molecule has 0 bridgehead atoms. The molecule has 7 heteroatoms. The number of aryl methyl sites for hydroxylation is 1. The molecule has 2 aromatic carbocycles. The quantitative estimate of drug-likeness (QED) is 0.586. The molecule has 1 heterocycles. The van der Waals surface area contributed by atoms with Crippen molar-refractivity contribution in [2.75, 3.05) is 44.2 Å². The molecular formula is C25H34N2O4S. The summed E-state index contributed by atoms with van der Waals surface area (Å²) in [6.07, 6.45) is 3.94. The number of ether oxygens (including phenoxy) is 3. The summed E-state index contributed by atoms with van der Waals surface area (Å²) in [5, 5.41) is 5.98. The first kappa shape index (κ1) is 25.5. The van der Waals surface area contributed by atoms with Crippen molar-refractivity contribution in [2.24, 2.45) is 0 Å². The van der Waals surface area contributed by atoms with E-state index in [1.54, 1.807) is 18.9 Å². The lowest BCUT2D eigenvalue weighted by Crippen LogP contribution is -2.16. The largest absolute Gasteiger partial charge is 0.497 e. The van der Waals surface area contributed by atoms with Crippen LogP contribution in [-0.2, 0) is 11.2 Å². The third-order valence-corrected chi connectivity index (χ3v) is 5.72. The first-order valence-corrected chi connectivity index (χ1v) is 12.0. The highest BCUT2D eigenvalue weighted by atomic mass is 32.2. The molecule has 6 nitrogen and oxygen atoms in total. The van der Waals surface area contributed by atoms with Crippen molar-refractivity contribution in [3.8, 4) is 17.2 Å². The van der Waals surface area contributed by atoms with Gasteiger partial charge in [-0.15, -0.1) is 11.8 Å². The Balaban J connectivity index is 0.000000303. The van der Waals surface area contributed by atoms with Crippen LogP contribution in [0.5, 0.6) is 17.2 Å². The molecule has 0 saturated carbocycles. The van der Waals surface area contributed by atoms with Gasteiger partial charge in [-0.2, -0.15) is 0 Å². The van der Waals surface area contributed by atoms with Crippen molar-refractivity contribution in [3.05, 3.63) is 59.8 Å². The number of carbonyl (C=O) groups is 1. The van der Waals surface area contributed by atoms with Crippen LogP contribution in [0.15, 0.2) is 54.2 Å². The van der Waals surface area contributed by atoms with Crippen LogP contribution < -0.4 is 24.8 Å². The summed E-state index contributed by atoms with van der Waals surface area (Å²) in [6.45, 7) is 5.41. The second-order valence-corrected chi connectivity index (χ2v) is 8.01. The minimum absolute atomic E-state index is 0.0222. The van der Waals surface area contributed by atoms with E-state index in [0.717, 1.165) is 41.5 Å². The van der Waals surface area contributed by atoms with Gasteiger partial charge in [0.1, 0.15) is 5.75 Å². The predicted octanol–water partition coefficient (Wildman–Crippen LogP) is 4.90. The number of rotatable bonds is 8. The summed E-state index contributed by atoms with van der Waals surface area (Å²) in [5.41, 5.74) is 3.17. The Labute approximate surface area is 195 Å². The molecule has 174 valence electrons. The molecule has 0 fully saturated rings. The molecular weight excluding hydrogens is 424 g/mol. The van der Waals surface area contributed by atoms with Crippen LogP contribution in [0.1, 0.15) is 25.8 Å². The van der Waals surface area contributed by atoms with Crippen molar-refractivity contribution >= 4 is 23.4 Å². The highest BCUT2D eigenvalue weighted by Crippen LogP contribution is 2.32. The van der Waals surface area contributed by atoms with Gasteiger partial charge in [0.05, 0.1) is 26.1 Å². The van der Waals surface area contributed by atoms with Crippen LogP contribution >= 0.6 is 11.8 Å². The first-order valence-electron chi connectivity index (χ1n) is 10.8. The lowest BCUT2D eigenvalue weighted by molar-refractivity contribution is -0.113. The fraction of sp³-hybridized carbons (Fsp3) is 0.400. The van der Waals surface area contributed by atoms with Crippen LogP contribution in [-0.4, -0.2) is 44.8 Å². The zero-order valence-corrected chi connectivity index (χ0v) is 20.2. The number of thioether (sulfide) groups is 1. The summed E-state index contributed by atoms with van der Waals surface area (Å²) in [5.74, 6) is 3.55. The number of hydrogen-bond donors (Lipinski definition) is 2. The number of methoxy groups -OCH3 is 1. The maximum absolute atomic E-state index is 12.0. The normalized spacial score (nSPS) is 12.7. The number of fused-ring (bicyclic) bond motifs is 1. The second-order valence-electron chi connectivity index (χ2n) is 7.02. The Morgan fingerprint density at radius 1 is 1.12 bits per heavy atom. The molecule has 1 aliphatic heterocycles. The van der Waals surface area contributed by atoms with Gasteiger partial charge in [0, 0.05) is 36.7 Å². The highest BCUT2D eigenvalue weighted by molar-refractivity contribution is 8.00. The van der Waals surface area contributed by atoms with Crippen molar-refractivity contribution < 1.29 is 19.0 Å². The van der Waals surface area contributed by atoms with Gasteiger partial charge in [0.15, 0.2) is 11.5 Å². The number of anilines is 1. The predicted molar refractivity (Wildman–Crippen MR) is 133 cm³/mol. The van der Waals surface area contributed by atoms with E-state index in [4.69, 9.17) is 14.2 Å². The smallest absolute Gasteiger partial charge is 0.234 e. The molecule has 3 rings (SSSR count). The van der Waals surface area contributed by atoms with Gasteiger partial charge in [0.25, 0.3) is 0 Å². The van der Waals surface area contributed by atoms with Gasteiger partial charge in [-0.25, -0.2) is 0 Å². The van der Waals surface area contributed by atoms with E-state index in [-0.39, 0.29) is 5.91 Å². The molecule has 0 atom stereocenters. The third kappa shape index (κ3) is 8.75. The van der Waals surface area contributed by atoms with E-state index in [1.807, 2.05) is 50.4 Å². The maximum atomic E-state index is 12.0. The number of hydrogen-bond acceptors (Lipinski definition) is 6. The zero-order valence-electron chi connectivity index (χ0n) is 19.4. The molecule has 0 unspecified atom stereocenters. The van der Waals surface area contributed by atoms with Crippen molar-refractivity contribution in [3.63, 3.8) is 0 Å². The highest BCUT2D eigenvalue weighted by Gasteiger charge is 2.12. The number of nitrogens with one attached hydrogen (secondary N) is 2. The summed E-state index contributed by atoms with van der Waals surface area (Å²) >= 11 is 1.57. The Kier molecular flexibility index (Phi) is 11.4. The fourth-order valence-corrected chi connectivity index (χ4v) is 3.77. The topological polar surface area (TPSA) is 68.8 Å². The number of allylic oxidation sites excluding steroid dienone is 1. The fourth-order valence-electron chi connectivity index (χ4n) is 2.88. The van der Waals surface area contributed by atoms with Gasteiger partial charge in [-0.3, -0.25) is 4.79 Å². The summed E-state index contributed by atoms with van der Waals surface area (Å²) in [7, 11) is 3.57. The van der Waals surface area contributed by atoms with E-state index in [0.29, 0.717) is 24.7 Å². The van der Waals surface area contributed by atoms with Gasteiger partial charge in [-0.1, -0.05) is 25.1 Å². The molecule has 32 heavy (non-hydrogen) atoms. The molecule has 0 radical (unpaired) electrons. The van der Waals surface area contributed by atoms with Gasteiger partial charge >= 0.3 is 0 Å². The summed E-state index contributed by atoms with van der Waals surface area (Å²) < 4.78 is 16.2. The average molecular weight is 459 g/mol. The SMILES string of the molecule is C/C=C(/CSCC(=O)Nc1ccc2c(c1)OCCCO2)NC.CCc1cccc(OC)c1. The molecule has 0 aromatic heterocycles. The van der Waals surface area contributed by atoms with Crippen LogP contribution in [0.2, 0.25) is 0 Å². The number of amides is 1. The first-order chi connectivity index (χ1) is 15.6. The Hall–Kier alpha value is -2.80. The molecule has 0 saturated heterocycles. The van der Waals surface area contributed by atoms with Crippen molar-refractivity contribution in [2.45, 2.75) is 26.7 Å². The Bertz CT molecular complexity index is 867. The van der Waals surface area contributed by atoms with Crippen molar-refractivity contribution in [1.29, 1.82) is 0 Å². The maximum Gasteiger partial charge on any atom is 0.234 e. The minimum atomic E-state index is -0.0222. The lowest BCUT2D eigenvalue weighted by Gasteiger charge is -2.10. The molecule has 2 aromatic rings. The van der Waals surface area contributed by atoms with E-state index in [2.05, 4.69) is 29.7 Å².